The number of rotatable bonds is 4. The van der Waals surface area contributed by atoms with Crippen LogP contribution < -0.4 is 5.32 Å². The van der Waals surface area contributed by atoms with E-state index in [1.807, 2.05) is 0 Å². The zero-order valence-corrected chi connectivity index (χ0v) is 13.7. The summed E-state index contributed by atoms with van der Waals surface area (Å²) in [6.07, 6.45) is 1.22. The van der Waals surface area contributed by atoms with Crippen molar-refractivity contribution in [1.82, 2.24) is 10.2 Å². The molecule has 1 aliphatic rings. The van der Waals surface area contributed by atoms with Crippen LogP contribution in [0.2, 0.25) is 0 Å². The summed E-state index contributed by atoms with van der Waals surface area (Å²) in [6, 6.07) is 8.13. The molecule has 1 fully saturated rings. The van der Waals surface area contributed by atoms with Crippen molar-refractivity contribution in [3.05, 3.63) is 34.9 Å². The Labute approximate surface area is 124 Å². The van der Waals surface area contributed by atoms with E-state index < -0.39 is 0 Å². The molecule has 1 N–H and O–H groups in total. The lowest BCUT2D eigenvalue weighted by atomic mass is 9.97. The lowest BCUT2D eigenvalue weighted by Gasteiger charge is -2.42. The Kier molecular flexibility index (Phi) is 5.22. The van der Waals surface area contributed by atoms with Crippen molar-refractivity contribution in [2.24, 2.45) is 5.92 Å². The first-order valence-corrected chi connectivity index (χ1v) is 8.04. The van der Waals surface area contributed by atoms with Gasteiger partial charge in [0.15, 0.2) is 0 Å². The van der Waals surface area contributed by atoms with Crippen LogP contribution in [0.3, 0.4) is 0 Å². The van der Waals surface area contributed by atoms with Crippen molar-refractivity contribution in [3.8, 4) is 0 Å². The van der Waals surface area contributed by atoms with E-state index in [4.69, 9.17) is 0 Å². The van der Waals surface area contributed by atoms with Gasteiger partial charge in [0.2, 0.25) is 0 Å². The maximum Gasteiger partial charge on any atom is 0.0240 e. The van der Waals surface area contributed by atoms with E-state index in [0.717, 1.165) is 13.1 Å². The summed E-state index contributed by atoms with van der Waals surface area (Å²) in [6.45, 7) is 14.8. The van der Waals surface area contributed by atoms with E-state index in [0.29, 0.717) is 18.0 Å². The highest BCUT2D eigenvalue weighted by Crippen LogP contribution is 2.20. The summed E-state index contributed by atoms with van der Waals surface area (Å²) >= 11 is 0. The number of hydrogen-bond acceptors (Lipinski definition) is 2. The number of nitrogens with one attached hydrogen (secondary N) is 1. The molecule has 0 saturated carbocycles. The van der Waals surface area contributed by atoms with Gasteiger partial charge in [0.05, 0.1) is 0 Å². The normalized spacial score (nSPS) is 24.3. The lowest BCUT2D eigenvalue weighted by Crippen LogP contribution is -2.57. The lowest BCUT2D eigenvalue weighted by molar-refractivity contribution is 0.103. The molecule has 1 aromatic rings. The molecule has 1 aliphatic heterocycles. The van der Waals surface area contributed by atoms with Crippen LogP contribution in [0.4, 0.5) is 0 Å². The van der Waals surface area contributed by atoms with Gasteiger partial charge in [-0.05, 0) is 37.3 Å². The van der Waals surface area contributed by atoms with Gasteiger partial charge in [0.25, 0.3) is 0 Å². The fourth-order valence-electron chi connectivity index (χ4n) is 3.11. The molecule has 0 spiro atoms. The zero-order chi connectivity index (χ0) is 14.7. The smallest absolute Gasteiger partial charge is 0.0240 e. The van der Waals surface area contributed by atoms with Crippen molar-refractivity contribution in [1.29, 1.82) is 0 Å². The van der Waals surface area contributed by atoms with Gasteiger partial charge in [-0.15, -0.1) is 0 Å². The fraction of sp³-hybridized carbons (Fsp3) is 0.667. The topological polar surface area (TPSA) is 15.3 Å². The number of hydrogen-bond donors (Lipinski definition) is 1. The maximum absolute atomic E-state index is 3.72. The fourth-order valence-corrected chi connectivity index (χ4v) is 3.11. The van der Waals surface area contributed by atoms with Gasteiger partial charge < -0.3 is 5.32 Å². The Balaban J connectivity index is 2.13. The SMILES string of the molecule is CCC1CNC(C(C)C)CN1Cc1cc(C)ccc1C. The summed E-state index contributed by atoms with van der Waals surface area (Å²) in [5.74, 6) is 0.703. The third kappa shape index (κ3) is 3.62. The highest BCUT2D eigenvalue weighted by molar-refractivity contribution is 5.30. The van der Waals surface area contributed by atoms with Crippen LogP contribution in [-0.4, -0.2) is 30.1 Å². The molecule has 112 valence electrons. The summed E-state index contributed by atoms with van der Waals surface area (Å²) < 4.78 is 0. The Morgan fingerprint density at radius 3 is 2.70 bits per heavy atom. The summed E-state index contributed by atoms with van der Waals surface area (Å²) in [5, 5.41) is 3.72. The van der Waals surface area contributed by atoms with Crippen LogP contribution in [0, 0.1) is 19.8 Å². The Bertz CT molecular complexity index is 439. The van der Waals surface area contributed by atoms with Crippen LogP contribution in [-0.2, 0) is 6.54 Å². The zero-order valence-electron chi connectivity index (χ0n) is 13.7. The molecule has 0 radical (unpaired) electrons. The number of benzene rings is 1. The maximum atomic E-state index is 3.72. The first-order chi connectivity index (χ1) is 9.51. The van der Waals surface area contributed by atoms with Gasteiger partial charge in [0.1, 0.15) is 0 Å². The molecule has 1 heterocycles. The summed E-state index contributed by atoms with van der Waals surface area (Å²) in [4.78, 5) is 2.68. The van der Waals surface area contributed by atoms with Crippen molar-refractivity contribution in [2.75, 3.05) is 13.1 Å². The first-order valence-electron chi connectivity index (χ1n) is 8.04. The standard InChI is InChI=1S/C18H30N2/c1-6-17-10-19-18(13(2)3)12-20(17)11-16-9-14(4)7-8-15(16)5/h7-9,13,17-19H,6,10-12H2,1-5H3. The molecule has 1 aromatic carbocycles. The van der Waals surface area contributed by atoms with Gasteiger partial charge in [-0.25, -0.2) is 0 Å². The van der Waals surface area contributed by atoms with E-state index >= 15 is 0 Å². The molecule has 2 nitrogen and oxygen atoms in total. The molecule has 20 heavy (non-hydrogen) atoms. The van der Waals surface area contributed by atoms with Gasteiger partial charge in [-0.2, -0.15) is 0 Å². The van der Waals surface area contributed by atoms with Crippen LogP contribution in [0.25, 0.3) is 0 Å². The minimum absolute atomic E-state index is 0.628. The molecule has 2 heteroatoms. The van der Waals surface area contributed by atoms with Crippen LogP contribution >= 0.6 is 0 Å². The molecule has 0 aromatic heterocycles. The molecule has 0 aliphatic carbocycles. The van der Waals surface area contributed by atoms with E-state index in [2.05, 4.69) is 63.0 Å². The predicted octanol–water partition coefficient (Wildman–Crippen LogP) is 3.51. The molecule has 2 unspecified atom stereocenters. The van der Waals surface area contributed by atoms with Crippen LogP contribution in [0.15, 0.2) is 18.2 Å². The van der Waals surface area contributed by atoms with Crippen molar-refractivity contribution in [2.45, 2.75) is 59.7 Å². The minimum atomic E-state index is 0.628. The molecule has 2 rings (SSSR count). The Hall–Kier alpha value is -0.860. The van der Waals surface area contributed by atoms with Crippen LogP contribution in [0.1, 0.15) is 43.9 Å². The van der Waals surface area contributed by atoms with E-state index in [-0.39, 0.29) is 0 Å². The average Bonchev–Trinajstić information content (AvgIpc) is 2.42. The predicted molar refractivity (Wildman–Crippen MR) is 87.0 cm³/mol. The Morgan fingerprint density at radius 2 is 2.05 bits per heavy atom. The number of nitrogens with zero attached hydrogens (tertiary/aromatic N) is 1. The molecule has 0 amide bonds. The van der Waals surface area contributed by atoms with E-state index in [9.17, 15) is 0 Å². The molecular weight excluding hydrogens is 244 g/mol. The Morgan fingerprint density at radius 1 is 1.30 bits per heavy atom. The average molecular weight is 274 g/mol. The monoisotopic (exact) mass is 274 g/mol. The molecule has 1 saturated heterocycles. The largest absolute Gasteiger partial charge is 0.311 e. The van der Waals surface area contributed by atoms with E-state index in [1.165, 1.54) is 29.7 Å². The minimum Gasteiger partial charge on any atom is -0.311 e. The van der Waals surface area contributed by atoms with Gasteiger partial charge in [-0.1, -0.05) is 44.5 Å². The third-order valence-corrected chi connectivity index (χ3v) is 4.72. The number of piperazine rings is 1. The van der Waals surface area contributed by atoms with Crippen molar-refractivity contribution in [3.63, 3.8) is 0 Å². The quantitative estimate of drug-likeness (QED) is 0.904. The van der Waals surface area contributed by atoms with Gasteiger partial charge >= 0.3 is 0 Å². The summed E-state index contributed by atoms with van der Waals surface area (Å²) in [7, 11) is 0. The van der Waals surface area contributed by atoms with Crippen LogP contribution in [0.5, 0.6) is 0 Å². The van der Waals surface area contributed by atoms with Gasteiger partial charge in [-0.3, -0.25) is 4.90 Å². The number of aryl methyl sites for hydroxylation is 2. The summed E-state index contributed by atoms with van der Waals surface area (Å²) in [5.41, 5.74) is 4.28. The molecular formula is C18H30N2. The highest BCUT2D eigenvalue weighted by Gasteiger charge is 2.28. The second-order valence-corrected chi connectivity index (χ2v) is 6.68. The second-order valence-electron chi connectivity index (χ2n) is 6.68. The van der Waals surface area contributed by atoms with Crippen molar-refractivity contribution < 1.29 is 0 Å². The molecule has 0 bridgehead atoms. The van der Waals surface area contributed by atoms with Gasteiger partial charge in [0, 0.05) is 31.7 Å². The van der Waals surface area contributed by atoms with E-state index in [1.54, 1.807) is 0 Å². The third-order valence-electron chi connectivity index (χ3n) is 4.72. The second kappa shape index (κ2) is 6.73. The van der Waals surface area contributed by atoms with Crippen molar-refractivity contribution >= 4 is 0 Å². The molecule has 2 atom stereocenters. The first kappa shape index (κ1) is 15.5. The highest BCUT2D eigenvalue weighted by atomic mass is 15.2.